The molecule has 304 valence electrons. The van der Waals surface area contributed by atoms with Crippen LogP contribution in [-0.2, 0) is 34.7 Å². The Balaban J connectivity index is 1.13. The van der Waals surface area contributed by atoms with Gasteiger partial charge in [-0.3, -0.25) is 19.2 Å². The Kier molecular flexibility index (Phi) is 12.2. The molecular formula is C37H39F2N4O13P. The Morgan fingerprint density at radius 3 is 2.49 bits per heavy atom. The van der Waals surface area contributed by atoms with Gasteiger partial charge in [-0.05, 0) is 50.4 Å². The number of anilines is 1. The molecule has 5 atom stereocenters. The SMILES string of the molecule is COc1cc(OC)c2oc(COC(=O)Nc3ccn(C4O[C@H](COP(=O)(N[C@@H](C)C(=O)OC(C)C)Oc5cccc6ccccc56)[C@@H](O)C4(F)F)c(=O)n3)cc2c1. The number of alkyl halides is 2. The van der Waals surface area contributed by atoms with Crippen LogP contribution in [0, 0.1) is 0 Å². The highest BCUT2D eigenvalue weighted by Gasteiger charge is 2.60. The topological polar surface area (TPSA) is 208 Å². The van der Waals surface area contributed by atoms with Gasteiger partial charge < -0.3 is 37.7 Å². The zero-order chi connectivity index (χ0) is 41.1. The summed E-state index contributed by atoms with van der Waals surface area (Å²) < 4.78 is 89.0. The molecule has 0 aliphatic carbocycles. The first-order valence-corrected chi connectivity index (χ1v) is 18.9. The van der Waals surface area contributed by atoms with E-state index in [1.165, 1.54) is 27.2 Å². The number of methoxy groups -OCH3 is 2. The number of aliphatic hydroxyl groups is 1. The summed E-state index contributed by atoms with van der Waals surface area (Å²) >= 11 is 0. The van der Waals surface area contributed by atoms with Gasteiger partial charge in [-0.2, -0.15) is 18.9 Å². The third-order valence-electron chi connectivity index (χ3n) is 8.53. The van der Waals surface area contributed by atoms with Crippen molar-refractivity contribution in [3.05, 3.63) is 89.2 Å². The maximum Gasteiger partial charge on any atom is 0.459 e. The van der Waals surface area contributed by atoms with E-state index in [-0.39, 0.29) is 23.9 Å². The van der Waals surface area contributed by atoms with Crippen molar-refractivity contribution in [2.24, 2.45) is 0 Å². The number of benzene rings is 3. The van der Waals surface area contributed by atoms with Gasteiger partial charge in [0.05, 0.1) is 26.9 Å². The fourth-order valence-corrected chi connectivity index (χ4v) is 7.34. The van der Waals surface area contributed by atoms with E-state index in [1.54, 1.807) is 68.4 Å². The van der Waals surface area contributed by atoms with Crippen LogP contribution >= 0.6 is 7.75 Å². The maximum atomic E-state index is 15.5. The number of aliphatic hydroxyl groups excluding tert-OH is 1. The predicted octanol–water partition coefficient (Wildman–Crippen LogP) is 5.94. The number of rotatable bonds is 15. The monoisotopic (exact) mass is 816 g/mol. The maximum absolute atomic E-state index is 15.5. The molecule has 3 aromatic carbocycles. The molecule has 0 saturated carbocycles. The number of nitrogens with one attached hydrogen (secondary N) is 2. The fraction of sp³-hybridized carbons (Fsp3) is 0.351. The Hall–Kier alpha value is -5.59. The highest BCUT2D eigenvalue weighted by atomic mass is 31.2. The summed E-state index contributed by atoms with van der Waals surface area (Å²) in [6.07, 6.45) is -7.53. The zero-order valence-electron chi connectivity index (χ0n) is 31.2. The largest absolute Gasteiger partial charge is 0.497 e. The van der Waals surface area contributed by atoms with E-state index in [4.69, 9.17) is 37.1 Å². The molecule has 2 aromatic heterocycles. The Morgan fingerprint density at radius 1 is 1.02 bits per heavy atom. The molecule has 57 heavy (non-hydrogen) atoms. The summed E-state index contributed by atoms with van der Waals surface area (Å²) in [6.45, 7) is 3.29. The summed E-state index contributed by atoms with van der Waals surface area (Å²) in [5, 5.41) is 17.2. The Bertz CT molecular complexity index is 2370. The molecule has 17 nitrogen and oxygen atoms in total. The molecule has 0 spiro atoms. The minimum absolute atomic E-state index is 0.0795. The third kappa shape index (κ3) is 9.19. The van der Waals surface area contributed by atoms with Crippen molar-refractivity contribution in [1.29, 1.82) is 0 Å². The molecule has 1 aliphatic heterocycles. The average molecular weight is 817 g/mol. The number of ether oxygens (including phenoxy) is 5. The first-order valence-electron chi connectivity index (χ1n) is 17.4. The van der Waals surface area contributed by atoms with Crippen LogP contribution in [-0.4, -0.2) is 77.8 Å². The molecule has 5 aromatic rings. The first-order chi connectivity index (χ1) is 27.1. The number of esters is 1. The van der Waals surface area contributed by atoms with E-state index >= 15 is 8.78 Å². The second-order valence-electron chi connectivity index (χ2n) is 13.0. The van der Waals surface area contributed by atoms with Crippen molar-refractivity contribution in [3.8, 4) is 17.2 Å². The molecule has 0 bridgehead atoms. The molecule has 1 fully saturated rings. The summed E-state index contributed by atoms with van der Waals surface area (Å²) in [4.78, 5) is 41.7. The van der Waals surface area contributed by atoms with Crippen molar-refractivity contribution >= 4 is 47.4 Å². The van der Waals surface area contributed by atoms with Gasteiger partial charge in [0.2, 0.25) is 6.23 Å². The molecule has 6 rings (SSSR count). The number of hydrogen-bond acceptors (Lipinski definition) is 14. The lowest BCUT2D eigenvalue weighted by molar-refractivity contribution is -0.149. The molecule has 3 N–H and O–H groups in total. The molecule has 2 unspecified atom stereocenters. The van der Waals surface area contributed by atoms with Gasteiger partial charge >= 0.3 is 31.4 Å². The number of aromatic nitrogens is 2. The number of furan rings is 1. The number of carbonyl (C=O) groups excluding carboxylic acids is 2. The first kappa shape index (κ1) is 41.1. The summed E-state index contributed by atoms with van der Waals surface area (Å²) in [6, 6.07) is 16.6. The van der Waals surface area contributed by atoms with E-state index in [2.05, 4.69) is 15.4 Å². The van der Waals surface area contributed by atoms with Crippen LogP contribution in [0.15, 0.2) is 82.1 Å². The van der Waals surface area contributed by atoms with Gasteiger partial charge in [0.1, 0.15) is 35.2 Å². The number of nitrogens with zero attached hydrogens (tertiary/aromatic N) is 2. The zero-order valence-corrected chi connectivity index (χ0v) is 32.1. The summed E-state index contributed by atoms with van der Waals surface area (Å²) in [7, 11) is -1.67. The van der Waals surface area contributed by atoms with E-state index < -0.39 is 68.6 Å². The molecule has 3 heterocycles. The van der Waals surface area contributed by atoms with Crippen LogP contribution in [0.1, 0.15) is 32.8 Å². The minimum atomic E-state index is -4.62. The van der Waals surface area contributed by atoms with Crippen LogP contribution in [0.25, 0.3) is 21.7 Å². The van der Waals surface area contributed by atoms with Crippen molar-refractivity contribution in [3.63, 3.8) is 0 Å². The molecule has 0 radical (unpaired) electrons. The predicted molar refractivity (Wildman–Crippen MR) is 198 cm³/mol. The van der Waals surface area contributed by atoms with Gasteiger partial charge in [-0.25, -0.2) is 14.2 Å². The highest BCUT2D eigenvalue weighted by Crippen LogP contribution is 2.49. The van der Waals surface area contributed by atoms with Crippen molar-refractivity contribution in [1.82, 2.24) is 14.6 Å². The lowest BCUT2D eigenvalue weighted by Crippen LogP contribution is -2.42. The smallest absolute Gasteiger partial charge is 0.459 e. The van der Waals surface area contributed by atoms with Crippen molar-refractivity contribution in [2.45, 2.75) is 63.9 Å². The molecule has 1 saturated heterocycles. The van der Waals surface area contributed by atoms with Crippen LogP contribution < -0.4 is 30.1 Å². The lowest BCUT2D eigenvalue weighted by atomic mass is 10.1. The number of carbonyl (C=O) groups is 2. The lowest BCUT2D eigenvalue weighted by Gasteiger charge is -2.25. The van der Waals surface area contributed by atoms with Crippen molar-refractivity contribution in [2.75, 3.05) is 26.1 Å². The second-order valence-corrected chi connectivity index (χ2v) is 14.7. The van der Waals surface area contributed by atoms with Crippen LogP contribution in [0.2, 0.25) is 0 Å². The molecule has 1 aliphatic rings. The number of fused-ring (bicyclic) bond motifs is 2. The van der Waals surface area contributed by atoms with Crippen LogP contribution in [0.4, 0.5) is 19.4 Å². The number of hydrogen-bond donors (Lipinski definition) is 3. The van der Waals surface area contributed by atoms with Crippen LogP contribution in [0.3, 0.4) is 0 Å². The highest BCUT2D eigenvalue weighted by molar-refractivity contribution is 7.52. The molecule has 20 heteroatoms. The second kappa shape index (κ2) is 16.9. The minimum Gasteiger partial charge on any atom is -0.497 e. The summed E-state index contributed by atoms with van der Waals surface area (Å²) in [5.74, 6) is -4.00. The van der Waals surface area contributed by atoms with Gasteiger partial charge in [-0.1, -0.05) is 36.4 Å². The van der Waals surface area contributed by atoms with Gasteiger partial charge in [-0.15, -0.1) is 0 Å². The van der Waals surface area contributed by atoms with Gasteiger partial charge in [0.15, 0.2) is 24.0 Å². The number of amides is 1. The van der Waals surface area contributed by atoms with E-state index in [9.17, 15) is 24.1 Å². The quantitative estimate of drug-likeness (QED) is 0.0826. The van der Waals surface area contributed by atoms with Crippen LogP contribution in [0.5, 0.6) is 17.2 Å². The average Bonchev–Trinajstić information content (AvgIpc) is 3.69. The van der Waals surface area contributed by atoms with Gasteiger partial charge in [0.25, 0.3) is 0 Å². The molecular weight excluding hydrogens is 777 g/mol. The standard InChI is InChI=1S/C37H39F2N4O13P/c1-20(2)53-33(45)21(3)42-57(48,56-27-12-8-10-22-9-6-7-11-26(22)27)52-19-29-32(44)37(38,39)34(55-29)43-14-13-30(40-35(43)46)41-36(47)51-18-25-16-23-15-24(49-4)17-28(50-5)31(23)54-25/h6-17,20-21,29,32,34,44H,18-19H2,1-5H3,(H,42,48)(H,40,41,46,47)/t21-,29+,32+,34?,57?/m0/s1. The summed E-state index contributed by atoms with van der Waals surface area (Å²) in [5.41, 5.74) is -0.889. The van der Waals surface area contributed by atoms with E-state index in [1.807, 2.05) is 0 Å². The van der Waals surface area contributed by atoms with E-state index in [0.717, 1.165) is 12.3 Å². The normalized spacial score (nSPS) is 19.2. The molecule has 1 amide bonds. The third-order valence-corrected chi connectivity index (χ3v) is 10.2. The Morgan fingerprint density at radius 2 is 1.77 bits per heavy atom. The van der Waals surface area contributed by atoms with Crippen molar-refractivity contribution < 1.29 is 65.2 Å². The fourth-order valence-electron chi connectivity index (χ4n) is 5.82. The van der Waals surface area contributed by atoms with E-state index in [0.29, 0.717) is 37.8 Å². The van der Waals surface area contributed by atoms with Gasteiger partial charge in [0, 0.05) is 23.0 Å². The number of halogens is 2. The Labute approximate surface area is 323 Å².